The number of aryl methyl sites for hydroxylation is 1. The molecule has 0 aromatic heterocycles. The number of nitrogens with two attached hydrogens (primary N) is 1. The molecule has 0 spiro atoms. The summed E-state index contributed by atoms with van der Waals surface area (Å²) in [5, 5.41) is 10.8. The third kappa shape index (κ3) is 4.66. The highest BCUT2D eigenvalue weighted by molar-refractivity contribution is 7.89. The van der Waals surface area contributed by atoms with Crippen molar-refractivity contribution >= 4 is 21.4 Å². The second-order valence-electron chi connectivity index (χ2n) is 4.53. The Morgan fingerprint density at radius 2 is 2.05 bits per heavy atom. The Hall–Kier alpha value is -1.71. The Kier molecular flexibility index (Phi) is 6.06. The maximum Gasteiger partial charge on any atom is 0.293 e. The largest absolute Gasteiger partial charge is 0.393 e. The van der Waals surface area contributed by atoms with Gasteiger partial charge in [-0.05, 0) is 31.4 Å². The van der Waals surface area contributed by atoms with Crippen molar-refractivity contribution in [2.45, 2.75) is 24.7 Å². The lowest BCUT2D eigenvalue weighted by Gasteiger charge is -2.10. The summed E-state index contributed by atoms with van der Waals surface area (Å²) < 4.78 is 31.6. The molecule has 1 aromatic rings. The zero-order valence-corrected chi connectivity index (χ0v) is 12.8. The molecule has 0 fully saturated rings. The Bertz CT molecular complexity index is 616. The van der Waals surface area contributed by atoms with Gasteiger partial charge in [0.25, 0.3) is 5.69 Å². The molecule has 0 unspecified atom stereocenters. The molecule has 0 bridgehead atoms. The minimum atomic E-state index is -3.80. The van der Waals surface area contributed by atoms with Gasteiger partial charge in [-0.25, -0.2) is 13.1 Å². The Morgan fingerprint density at radius 1 is 1.38 bits per heavy atom. The molecule has 0 aliphatic rings. The Morgan fingerprint density at radius 3 is 2.62 bits per heavy atom. The summed E-state index contributed by atoms with van der Waals surface area (Å²) in [6, 6.07) is 2.28. The van der Waals surface area contributed by atoms with E-state index in [-0.39, 0.29) is 17.1 Å². The first kappa shape index (κ1) is 17.3. The van der Waals surface area contributed by atoms with E-state index in [9.17, 15) is 18.5 Å². The number of unbranched alkanes of at least 4 members (excludes halogenated alkanes) is 1. The zero-order chi connectivity index (χ0) is 16.0. The summed E-state index contributed by atoms with van der Waals surface area (Å²) in [6.45, 7) is 2.33. The number of sulfonamides is 1. The van der Waals surface area contributed by atoms with Crippen LogP contribution in [0.1, 0.15) is 18.4 Å². The highest BCUT2D eigenvalue weighted by atomic mass is 32.2. The first-order valence-electron chi connectivity index (χ1n) is 6.32. The Balaban J connectivity index is 2.92. The molecular formula is C12H19N3O5S. The number of benzene rings is 1. The predicted octanol–water partition coefficient (Wildman–Crippen LogP) is 1.19. The normalized spacial score (nSPS) is 11.5. The third-order valence-electron chi connectivity index (χ3n) is 2.88. The molecule has 0 saturated heterocycles. The number of rotatable bonds is 8. The maximum atomic E-state index is 12.2. The fourth-order valence-corrected chi connectivity index (χ4v) is 3.12. The lowest BCUT2D eigenvalue weighted by molar-refractivity contribution is -0.384. The van der Waals surface area contributed by atoms with Gasteiger partial charge in [-0.15, -0.1) is 0 Å². The van der Waals surface area contributed by atoms with Crippen LogP contribution in [-0.2, 0) is 14.8 Å². The van der Waals surface area contributed by atoms with Crippen molar-refractivity contribution in [3.05, 3.63) is 27.8 Å². The van der Waals surface area contributed by atoms with E-state index in [2.05, 4.69) is 4.72 Å². The standard InChI is InChI=1S/C12H19N3O5S/c1-9-7-10(13)11(15(16)17)8-12(9)21(18,19)14-5-3-4-6-20-2/h7-8,14H,3-6,13H2,1-2H3. The molecule has 21 heavy (non-hydrogen) atoms. The number of nitro groups is 1. The fourth-order valence-electron chi connectivity index (χ4n) is 1.80. The van der Waals surface area contributed by atoms with Gasteiger partial charge in [0, 0.05) is 26.3 Å². The smallest absolute Gasteiger partial charge is 0.293 e. The van der Waals surface area contributed by atoms with Gasteiger partial charge in [-0.2, -0.15) is 0 Å². The first-order chi connectivity index (χ1) is 9.79. The monoisotopic (exact) mass is 317 g/mol. The van der Waals surface area contributed by atoms with Gasteiger partial charge in [0.2, 0.25) is 10.0 Å². The number of nitrogens with zero attached hydrogens (tertiary/aromatic N) is 1. The van der Waals surface area contributed by atoms with Crippen LogP contribution >= 0.6 is 0 Å². The maximum absolute atomic E-state index is 12.2. The van der Waals surface area contributed by atoms with Crippen molar-refractivity contribution in [1.29, 1.82) is 0 Å². The number of hydrogen-bond donors (Lipinski definition) is 2. The van der Waals surface area contributed by atoms with Gasteiger partial charge in [0.05, 0.1) is 9.82 Å². The van der Waals surface area contributed by atoms with E-state index in [4.69, 9.17) is 10.5 Å². The first-order valence-corrected chi connectivity index (χ1v) is 7.81. The zero-order valence-electron chi connectivity index (χ0n) is 12.0. The van der Waals surface area contributed by atoms with E-state index in [1.165, 1.54) is 6.07 Å². The summed E-state index contributed by atoms with van der Waals surface area (Å²) in [5.74, 6) is 0. The van der Waals surface area contributed by atoms with E-state index in [1.54, 1.807) is 14.0 Å². The van der Waals surface area contributed by atoms with E-state index in [0.29, 0.717) is 18.6 Å². The van der Waals surface area contributed by atoms with Crippen molar-refractivity contribution in [3.63, 3.8) is 0 Å². The number of nitrogens with one attached hydrogen (secondary N) is 1. The fraction of sp³-hybridized carbons (Fsp3) is 0.500. The van der Waals surface area contributed by atoms with E-state index in [1.807, 2.05) is 0 Å². The molecule has 9 heteroatoms. The number of hydrogen-bond acceptors (Lipinski definition) is 6. The summed E-state index contributed by atoms with van der Waals surface area (Å²) >= 11 is 0. The van der Waals surface area contributed by atoms with E-state index < -0.39 is 20.6 Å². The average molecular weight is 317 g/mol. The molecular weight excluding hydrogens is 298 g/mol. The summed E-state index contributed by atoms with van der Waals surface area (Å²) in [5.41, 5.74) is 5.41. The molecule has 0 amide bonds. The van der Waals surface area contributed by atoms with Crippen LogP contribution in [-0.4, -0.2) is 33.6 Å². The molecule has 0 aliphatic carbocycles. The van der Waals surface area contributed by atoms with E-state index >= 15 is 0 Å². The summed E-state index contributed by atoms with van der Waals surface area (Å²) in [6.07, 6.45) is 1.34. The SMILES string of the molecule is COCCCCNS(=O)(=O)c1cc([N+](=O)[O-])c(N)cc1C. The summed E-state index contributed by atoms with van der Waals surface area (Å²) in [4.78, 5) is 10.0. The third-order valence-corrected chi connectivity index (χ3v) is 4.48. The number of nitro benzene ring substituents is 1. The minimum Gasteiger partial charge on any atom is -0.393 e. The van der Waals surface area contributed by atoms with Gasteiger partial charge in [0.15, 0.2) is 0 Å². The lowest BCUT2D eigenvalue weighted by Crippen LogP contribution is -2.26. The number of anilines is 1. The van der Waals surface area contributed by atoms with Crippen LogP contribution in [0.15, 0.2) is 17.0 Å². The van der Waals surface area contributed by atoms with Crippen LogP contribution in [0.4, 0.5) is 11.4 Å². The predicted molar refractivity (Wildman–Crippen MR) is 78.5 cm³/mol. The Labute approximate surface area is 123 Å². The summed E-state index contributed by atoms with van der Waals surface area (Å²) in [7, 11) is -2.23. The van der Waals surface area contributed by atoms with Crippen LogP contribution in [0.2, 0.25) is 0 Å². The second kappa shape index (κ2) is 7.34. The molecule has 1 aromatic carbocycles. The lowest BCUT2D eigenvalue weighted by atomic mass is 10.2. The van der Waals surface area contributed by atoms with Gasteiger partial charge >= 0.3 is 0 Å². The van der Waals surface area contributed by atoms with Gasteiger partial charge in [-0.1, -0.05) is 0 Å². The highest BCUT2D eigenvalue weighted by Crippen LogP contribution is 2.28. The molecule has 0 radical (unpaired) electrons. The van der Waals surface area contributed by atoms with Crippen LogP contribution in [0.3, 0.4) is 0 Å². The highest BCUT2D eigenvalue weighted by Gasteiger charge is 2.22. The topological polar surface area (TPSA) is 125 Å². The van der Waals surface area contributed by atoms with Gasteiger partial charge < -0.3 is 10.5 Å². The molecule has 1 rings (SSSR count). The second-order valence-corrected chi connectivity index (χ2v) is 6.27. The van der Waals surface area contributed by atoms with Crippen LogP contribution in [0.25, 0.3) is 0 Å². The number of ether oxygens (including phenoxy) is 1. The van der Waals surface area contributed by atoms with Crippen LogP contribution in [0.5, 0.6) is 0 Å². The molecule has 0 saturated carbocycles. The molecule has 0 heterocycles. The van der Waals surface area contributed by atoms with Crippen molar-refractivity contribution in [3.8, 4) is 0 Å². The van der Waals surface area contributed by atoms with Crippen molar-refractivity contribution in [1.82, 2.24) is 4.72 Å². The molecule has 8 nitrogen and oxygen atoms in total. The van der Waals surface area contributed by atoms with Gasteiger partial charge in [-0.3, -0.25) is 10.1 Å². The van der Waals surface area contributed by atoms with Crippen molar-refractivity contribution in [2.24, 2.45) is 0 Å². The average Bonchev–Trinajstić information content (AvgIpc) is 2.37. The quantitative estimate of drug-likeness (QED) is 0.321. The molecule has 3 N–H and O–H groups in total. The van der Waals surface area contributed by atoms with Crippen LogP contribution < -0.4 is 10.5 Å². The van der Waals surface area contributed by atoms with Crippen molar-refractivity contribution < 1.29 is 18.1 Å². The van der Waals surface area contributed by atoms with Crippen molar-refractivity contribution in [2.75, 3.05) is 26.0 Å². The molecule has 0 atom stereocenters. The van der Waals surface area contributed by atoms with Gasteiger partial charge in [0.1, 0.15) is 5.69 Å². The van der Waals surface area contributed by atoms with Crippen LogP contribution in [0, 0.1) is 17.0 Å². The number of methoxy groups -OCH3 is 1. The minimum absolute atomic E-state index is 0.0588. The molecule has 0 aliphatic heterocycles. The number of nitrogen functional groups attached to an aromatic ring is 1. The molecule has 118 valence electrons. The van der Waals surface area contributed by atoms with E-state index in [0.717, 1.165) is 12.5 Å².